The predicted octanol–water partition coefficient (Wildman–Crippen LogP) is 3.07. The maximum absolute atomic E-state index is 12.6. The molecule has 0 aliphatic rings. The van der Waals surface area contributed by atoms with Crippen molar-refractivity contribution in [2.24, 2.45) is 0 Å². The maximum Gasteiger partial charge on any atom is 0.123 e. The molecule has 0 spiro atoms. The van der Waals surface area contributed by atoms with Gasteiger partial charge in [0, 0.05) is 22.3 Å². The van der Waals surface area contributed by atoms with Gasteiger partial charge in [-0.05, 0) is 31.7 Å². The number of hydrogen-bond acceptors (Lipinski definition) is 3. The Balaban J connectivity index is 2.23. The fourth-order valence-corrected chi connectivity index (χ4v) is 3.82. The molecule has 4 heteroatoms. The predicted molar refractivity (Wildman–Crippen MR) is 87.2 cm³/mol. The van der Waals surface area contributed by atoms with Crippen LogP contribution < -0.4 is 10.1 Å². The molecule has 2 rings (SSSR count). The lowest BCUT2D eigenvalue weighted by atomic mass is 10.1. The highest BCUT2D eigenvalue weighted by Crippen LogP contribution is 2.26. The van der Waals surface area contributed by atoms with Crippen molar-refractivity contribution in [3.05, 3.63) is 59.7 Å². The van der Waals surface area contributed by atoms with Crippen LogP contribution in [0.2, 0.25) is 0 Å². The molecule has 0 aliphatic heterocycles. The van der Waals surface area contributed by atoms with Gasteiger partial charge in [-0.3, -0.25) is 4.21 Å². The Morgan fingerprint density at radius 1 is 1.14 bits per heavy atom. The van der Waals surface area contributed by atoms with Crippen LogP contribution in [-0.4, -0.2) is 24.1 Å². The third kappa shape index (κ3) is 3.71. The third-order valence-electron chi connectivity index (χ3n) is 3.52. The average Bonchev–Trinajstić information content (AvgIpc) is 2.52. The minimum absolute atomic E-state index is 0.0124. The number of aryl methyl sites for hydroxylation is 1. The summed E-state index contributed by atoms with van der Waals surface area (Å²) in [6, 6.07) is 15.6. The molecule has 0 saturated heterocycles. The van der Waals surface area contributed by atoms with Gasteiger partial charge in [-0.1, -0.05) is 36.4 Å². The molecule has 0 aromatic heterocycles. The summed E-state index contributed by atoms with van der Waals surface area (Å²) in [6.45, 7) is 1.99. The molecule has 2 unspecified atom stereocenters. The molecule has 21 heavy (non-hydrogen) atoms. The van der Waals surface area contributed by atoms with E-state index in [-0.39, 0.29) is 6.04 Å². The van der Waals surface area contributed by atoms with Crippen molar-refractivity contribution in [1.29, 1.82) is 0 Å². The van der Waals surface area contributed by atoms with E-state index in [1.807, 2.05) is 62.5 Å². The number of nitrogens with one attached hydrogen (secondary N) is 1. The zero-order valence-corrected chi connectivity index (χ0v) is 13.4. The van der Waals surface area contributed by atoms with Crippen LogP contribution in [0.3, 0.4) is 0 Å². The lowest BCUT2D eigenvalue weighted by molar-refractivity contribution is 0.404. The molecular formula is C17H21NO2S. The first-order chi connectivity index (χ1) is 10.2. The van der Waals surface area contributed by atoms with Crippen molar-refractivity contribution in [3.8, 4) is 5.75 Å². The SMILES string of the molecule is CNC(CS(=O)c1ccccc1C)c1ccccc1OC. The van der Waals surface area contributed by atoms with Gasteiger partial charge in [0.1, 0.15) is 5.75 Å². The van der Waals surface area contributed by atoms with Gasteiger partial charge < -0.3 is 10.1 Å². The van der Waals surface area contributed by atoms with Gasteiger partial charge >= 0.3 is 0 Å². The smallest absolute Gasteiger partial charge is 0.123 e. The summed E-state index contributed by atoms with van der Waals surface area (Å²) in [5.74, 6) is 1.33. The quantitative estimate of drug-likeness (QED) is 0.891. The molecule has 2 atom stereocenters. The van der Waals surface area contributed by atoms with Gasteiger partial charge in [-0.25, -0.2) is 0 Å². The van der Waals surface area contributed by atoms with Crippen molar-refractivity contribution in [1.82, 2.24) is 5.32 Å². The second kappa shape index (κ2) is 7.38. The van der Waals surface area contributed by atoms with E-state index in [0.717, 1.165) is 21.8 Å². The molecule has 0 heterocycles. The zero-order chi connectivity index (χ0) is 15.2. The van der Waals surface area contributed by atoms with Crippen LogP contribution in [0.15, 0.2) is 53.4 Å². The molecule has 3 nitrogen and oxygen atoms in total. The molecule has 1 N–H and O–H groups in total. The first-order valence-electron chi connectivity index (χ1n) is 6.91. The molecule has 0 radical (unpaired) electrons. The number of rotatable bonds is 6. The number of para-hydroxylation sites is 1. The Labute approximate surface area is 128 Å². The lowest BCUT2D eigenvalue weighted by Gasteiger charge is -2.19. The Kier molecular flexibility index (Phi) is 5.53. The Hall–Kier alpha value is -1.65. The van der Waals surface area contributed by atoms with Gasteiger partial charge in [0.25, 0.3) is 0 Å². The molecule has 0 bridgehead atoms. The summed E-state index contributed by atoms with van der Waals surface area (Å²) in [4.78, 5) is 0.896. The third-order valence-corrected chi connectivity index (χ3v) is 5.10. The minimum atomic E-state index is -1.05. The fourth-order valence-electron chi connectivity index (χ4n) is 2.34. The van der Waals surface area contributed by atoms with Crippen molar-refractivity contribution in [3.63, 3.8) is 0 Å². The van der Waals surface area contributed by atoms with E-state index in [1.165, 1.54) is 0 Å². The van der Waals surface area contributed by atoms with Gasteiger partial charge in [-0.15, -0.1) is 0 Å². The molecule has 0 amide bonds. The maximum atomic E-state index is 12.6. The van der Waals surface area contributed by atoms with E-state index in [4.69, 9.17) is 4.74 Å². The summed E-state index contributed by atoms with van der Waals surface area (Å²) >= 11 is 0. The van der Waals surface area contributed by atoms with Crippen LogP contribution in [0.1, 0.15) is 17.2 Å². The molecule has 112 valence electrons. The molecule has 0 aliphatic carbocycles. The van der Waals surface area contributed by atoms with Crippen molar-refractivity contribution < 1.29 is 8.95 Å². The van der Waals surface area contributed by atoms with E-state index >= 15 is 0 Å². The first-order valence-corrected chi connectivity index (χ1v) is 8.23. The summed E-state index contributed by atoms with van der Waals surface area (Å²) in [5, 5.41) is 3.24. The van der Waals surface area contributed by atoms with Crippen molar-refractivity contribution in [2.45, 2.75) is 17.9 Å². The second-order valence-electron chi connectivity index (χ2n) is 4.86. The summed E-state index contributed by atoms with van der Waals surface area (Å²) in [5.41, 5.74) is 2.09. The Morgan fingerprint density at radius 2 is 1.81 bits per heavy atom. The van der Waals surface area contributed by atoms with Gasteiger partial charge in [0.15, 0.2) is 0 Å². The van der Waals surface area contributed by atoms with E-state index in [2.05, 4.69) is 5.32 Å². The monoisotopic (exact) mass is 303 g/mol. The molecule has 2 aromatic rings. The van der Waals surface area contributed by atoms with Crippen LogP contribution in [0.25, 0.3) is 0 Å². The molecule has 2 aromatic carbocycles. The van der Waals surface area contributed by atoms with E-state index < -0.39 is 10.8 Å². The summed E-state index contributed by atoms with van der Waals surface area (Å²) in [6.07, 6.45) is 0. The molecule has 0 saturated carbocycles. The average molecular weight is 303 g/mol. The van der Waals surface area contributed by atoms with E-state index in [0.29, 0.717) is 5.75 Å². The van der Waals surface area contributed by atoms with Gasteiger partial charge in [0.2, 0.25) is 0 Å². The number of benzene rings is 2. The standard InChI is InChI=1S/C17H21NO2S/c1-13-8-4-7-11-17(13)21(19)12-15(18-2)14-9-5-6-10-16(14)20-3/h4-11,15,18H,12H2,1-3H3. The number of hydrogen-bond donors (Lipinski definition) is 1. The molecule has 0 fully saturated rings. The van der Waals surface area contributed by atoms with Crippen molar-refractivity contribution in [2.75, 3.05) is 19.9 Å². The lowest BCUT2D eigenvalue weighted by Crippen LogP contribution is -2.23. The van der Waals surface area contributed by atoms with Crippen LogP contribution >= 0.6 is 0 Å². The van der Waals surface area contributed by atoms with E-state index in [9.17, 15) is 4.21 Å². The van der Waals surface area contributed by atoms with Gasteiger partial charge in [-0.2, -0.15) is 0 Å². The highest BCUT2D eigenvalue weighted by Gasteiger charge is 2.18. The van der Waals surface area contributed by atoms with Crippen LogP contribution in [0.5, 0.6) is 5.75 Å². The zero-order valence-electron chi connectivity index (χ0n) is 12.6. The second-order valence-corrected chi connectivity index (χ2v) is 6.33. The van der Waals surface area contributed by atoms with Gasteiger partial charge in [0.05, 0.1) is 17.9 Å². The number of methoxy groups -OCH3 is 1. The summed E-state index contributed by atoms with van der Waals surface area (Å²) < 4.78 is 18.0. The minimum Gasteiger partial charge on any atom is -0.496 e. The van der Waals surface area contributed by atoms with Crippen LogP contribution in [0.4, 0.5) is 0 Å². The normalized spacial score (nSPS) is 13.7. The fraction of sp³-hybridized carbons (Fsp3) is 0.294. The molecular weight excluding hydrogens is 282 g/mol. The Morgan fingerprint density at radius 3 is 2.48 bits per heavy atom. The highest BCUT2D eigenvalue weighted by molar-refractivity contribution is 7.85. The van der Waals surface area contributed by atoms with Crippen LogP contribution in [-0.2, 0) is 10.8 Å². The van der Waals surface area contributed by atoms with Crippen molar-refractivity contribution >= 4 is 10.8 Å². The largest absolute Gasteiger partial charge is 0.496 e. The Bertz CT molecular complexity index is 628. The highest BCUT2D eigenvalue weighted by atomic mass is 32.2. The van der Waals surface area contributed by atoms with Crippen LogP contribution in [0, 0.1) is 6.92 Å². The first kappa shape index (κ1) is 15.7. The topological polar surface area (TPSA) is 38.3 Å². The van der Waals surface area contributed by atoms with E-state index in [1.54, 1.807) is 7.11 Å². The summed E-state index contributed by atoms with van der Waals surface area (Å²) in [7, 11) is 2.48. The number of ether oxygens (including phenoxy) is 1.